The molecular formula is C25H31ClN6O6. The largest absolute Gasteiger partial charge is 0.494 e. The Balaban J connectivity index is 1.74. The quantitative estimate of drug-likeness (QED) is 0.450. The van der Waals surface area contributed by atoms with E-state index in [2.05, 4.69) is 15.4 Å². The fraction of sp³-hybridized carbons (Fsp3) is 0.440. The molecule has 0 unspecified atom stereocenters. The normalized spacial score (nSPS) is 13.2. The molecule has 2 aromatic heterocycles. The predicted octanol–water partition coefficient (Wildman–Crippen LogP) is 4.33. The highest BCUT2D eigenvalue weighted by Gasteiger charge is 2.30. The molecule has 0 spiro atoms. The van der Waals surface area contributed by atoms with E-state index in [4.69, 9.17) is 30.5 Å². The lowest BCUT2D eigenvalue weighted by Crippen LogP contribution is -2.41. The summed E-state index contributed by atoms with van der Waals surface area (Å²) < 4.78 is 24.0. The van der Waals surface area contributed by atoms with E-state index in [9.17, 15) is 9.59 Å². The molecule has 0 radical (unpaired) electrons. The van der Waals surface area contributed by atoms with Gasteiger partial charge in [-0.1, -0.05) is 11.6 Å². The number of hydrogen-bond donors (Lipinski definition) is 1. The van der Waals surface area contributed by atoms with Gasteiger partial charge in [0.15, 0.2) is 5.82 Å². The van der Waals surface area contributed by atoms with Crippen LogP contribution in [0.25, 0.3) is 16.6 Å². The van der Waals surface area contributed by atoms with Gasteiger partial charge in [-0.05, 0) is 34.9 Å². The van der Waals surface area contributed by atoms with E-state index < -0.39 is 17.8 Å². The standard InChI is InChI=1S/C25H31ClN6O6/c1-25(2,3)38-24(34)31-8-10-36-20-12-18(19(35-6)11-17(20)31)32-16-13-21(26)27-14-15(16)22(29-32)28-23(33)37-9-7-30(4)5/h11-14H,7-10H2,1-6H3,(H,28,29,33). The predicted molar refractivity (Wildman–Crippen MR) is 143 cm³/mol. The Labute approximate surface area is 225 Å². The smallest absolute Gasteiger partial charge is 0.415 e. The lowest BCUT2D eigenvalue weighted by Gasteiger charge is -2.32. The molecule has 0 aliphatic carbocycles. The Hall–Kier alpha value is -3.77. The number of benzene rings is 1. The van der Waals surface area contributed by atoms with E-state index in [0.717, 1.165) is 0 Å². The van der Waals surface area contributed by atoms with Gasteiger partial charge in [0.1, 0.15) is 41.2 Å². The summed E-state index contributed by atoms with van der Waals surface area (Å²) in [4.78, 5) is 32.8. The van der Waals surface area contributed by atoms with Crippen LogP contribution >= 0.6 is 11.6 Å². The van der Waals surface area contributed by atoms with Crippen molar-refractivity contribution in [3.05, 3.63) is 29.5 Å². The van der Waals surface area contributed by atoms with E-state index in [0.29, 0.717) is 46.9 Å². The van der Waals surface area contributed by atoms with Crippen molar-refractivity contribution in [2.75, 3.05) is 57.7 Å². The highest BCUT2D eigenvalue weighted by atomic mass is 35.5. The molecule has 1 aliphatic heterocycles. The zero-order chi connectivity index (χ0) is 27.6. The number of amides is 2. The Morgan fingerprint density at radius 2 is 1.97 bits per heavy atom. The number of aromatic nitrogens is 3. The SMILES string of the molecule is COc1cc2c(cc1-n1nc(NC(=O)OCCN(C)C)c3cnc(Cl)cc31)OCCN2C(=O)OC(C)(C)C. The fourth-order valence-electron chi connectivity index (χ4n) is 3.78. The third kappa shape index (κ3) is 6.03. The number of carbonyl (C=O) groups is 2. The maximum absolute atomic E-state index is 12.9. The molecule has 2 amide bonds. The summed E-state index contributed by atoms with van der Waals surface area (Å²) in [6.45, 7) is 6.81. The first kappa shape index (κ1) is 27.3. The van der Waals surface area contributed by atoms with Crippen LogP contribution in [0.4, 0.5) is 21.1 Å². The summed E-state index contributed by atoms with van der Waals surface area (Å²) in [5.41, 5.74) is 0.910. The second kappa shape index (κ2) is 10.9. The first-order valence-electron chi connectivity index (χ1n) is 12.0. The van der Waals surface area contributed by atoms with Crippen molar-refractivity contribution >= 4 is 46.2 Å². The van der Waals surface area contributed by atoms with E-state index >= 15 is 0 Å². The summed E-state index contributed by atoms with van der Waals surface area (Å²) in [5.74, 6) is 1.08. The van der Waals surface area contributed by atoms with Gasteiger partial charge in [0.25, 0.3) is 0 Å². The molecule has 0 bridgehead atoms. The van der Waals surface area contributed by atoms with Crippen LogP contribution in [0.15, 0.2) is 24.4 Å². The number of hydrogen-bond acceptors (Lipinski definition) is 9. The molecule has 1 N–H and O–H groups in total. The molecule has 0 saturated heterocycles. The molecule has 1 aliphatic rings. The van der Waals surface area contributed by atoms with Gasteiger partial charge >= 0.3 is 12.2 Å². The molecule has 4 rings (SSSR count). The summed E-state index contributed by atoms with van der Waals surface area (Å²) in [7, 11) is 5.27. The second-order valence-corrected chi connectivity index (χ2v) is 10.2. The summed E-state index contributed by atoms with van der Waals surface area (Å²) in [6.07, 6.45) is 0.378. The maximum Gasteiger partial charge on any atom is 0.415 e. The van der Waals surface area contributed by atoms with Gasteiger partial charge in [-0.25, -0.2) is 19.3 Å². The number of halogens is 1. The number of ether oxygens (including phenoxy) is 4. The van der Waals surface area contributed by atoms with Gasteiger partial charge < -0.3 is 23.8 Å². The van der Waals surface area contributed by atoms with E-state index in [1.165, 1.54) is 18.2 Å². The Morgan fingerprint density at radius 1 is 1.21 bits per heavy atom. The van der Waals surface area contributed by atoms with E-state index in [1.807, 2.05) is 39.8 Å². The van der Waals surface area contributed by atoms with Crippen LogP contribution in [-0.2, 0) is 9.47 Å². The molecule has 12 nitrogen and oxygen atoms in total. The summed E-state index contributed by atoms with van der Waals surface area (Å²) in [5, 5.41) is 8.05. The molecule has 3 heterocycles. The third-order valence-corrected chi connectivity index (χ3v) is 5.70. The van der Waals surface area contributed by atoms with Gasteiger partial charge in [-0.2, -0.15) is 0 Å². The number of anilines is 2. The van der Waals surface area contributed by atoms with Crippen molar-refractivity contribution < 1.29 is 28.5 Å². The molecule has 3 aromatic rings. The second-order valence-electron chi connectivity index (χ2n) is 9.82. The van der Waals surface area contributed by atoms with Crippen molar-refractivity contribution in [2.45, 2.75) is 26.4 Å². The van der Waals surface area contributed by atoms with Crippen molar-refractivity contribution in [3.8, 4) is 17.2 Å². The van der Waals surface area contributed by atoms with Crippen LogP contribution in [0.3, 0.4) is 0 Å². The van der Waals surface area contributed by atoms with Crippen LogP contribution < -0.4 is 19.7 Å². The topological polar surface area (TPSA) is 120 Å². The third-order valence-electron chi connectivity index (χ3n) is 5.49. The van der Waals surface area contributed by atoms with Crippen molar-refractivity contribution in [1.82, 2.24) is 19.7 Å². The highest BCUT2D eigenvalue weighted by molar-refractivity contribution is 6.30. The number of fused-ring (bicyclic) bond motifs is 2. The molecular weight excluding hydrogens is 516 g/mol. The number of likely N-dealkylation sites (N-methyl/N-ethyl adjacent to an activating group) is 1. The van der Waals surface area contributed by atoms with Crippen LogP contribution in [-0.4, -0.2) is 85.0 Å². The number of nitrogens with one attached hydrogen (secondary N) is 1. The zero-order valence-corrected chi connectivity index (χ0v) is 23.0. The summed E-state index contributed by atoms with van der Waals surface area (Å²) >= 11 is 6.20. The molecule has 1 aromatic carbocycles. The zero-order valence-electron chi connectivity index (χ0n) is 22.2. The van der Waals surface area contributed by atoms with E-state index in [1.54, 1.807) is 22.9 Å². The van der Waals surface area contributed by atoms with Gasteiger partial charge in [0, 0.05) is 30.9 Å². The molecule has 0 fully saturated rings. The lowest BCUT2D eigenvalue weighted by atomic mass is 10.2. The molecule has 38 heavy (non-hydrogen) atoms. The van der Waals surface area contributed by atoms with Crippen molar-refractivity contribution in [1.29, 1.82) is 0 Å². The number of methoxy groups -OCH3 is 1. The monoisotopic (exact) mass is 546 g/mol. The minimum Gasteiger partial charge on any atom is -0.494 e. The van der Waals surface area contributed by atoms with Crippen molar-refractivity contribution in [3.63, 3.8) is 0 Å². The number of carbonyl (C=O) groups excluding carboxylic acids is 2. The number of nitrogens with zero attached hydrogens (tertiary/aromatic N) is 5. The Bertz CT molecular complexity index is 1350. The van der Waals surface area contributed by atoms with Gasteiger partial charge in [-0.3, -0.25) is 10.2 Å². The minimum absolute atomic E-state index is 0.214. The highest BCUT2D eigenvalue weighted by Crippen LogP contribution is 2.41. The summed E-state index contributed by atoms with van der Waals surface area (Å²) in [6, 6.07) is 5.02. The maximum atomic E-state index is 12.9. The molecule has 0 atom stereocenters. The minimum atomic E-state index is -0.655. The Kier molecular flexibility index (Phi) is 7.83. The van der Waals surface area contributed by atoms with Gasteiger partial charge in [-0.15, -0.1) is 5.10 Å². The first-order chi connectivity index (χ1) is 18.0. The van der Waals surface area contributed by atoms with Crippen LogP contribution in [0.1, 0.15) is 20.8 Å². The average Bonchev–Trinajstić information content (AvgIpc) is 3.18. The average molecular weight is 547 g/mol. The fourth-order valence-corrected chi connectivity index (χ4v) is 3.94. The number of rotatable bonds is 6. The van der Waals surface area contributed by atoms with Crippen LogP contribution in [0, 0.1) is 0 Å². The van der Waals surface area contributed by atoms with Crippen LogP contribution in [0.2, 0.25) is 5.15 Å². The van der Waals surface area contributed by atoms with Gasteiger partial charge in [0.05, 0.1) is 30.2 Å². The Morgan fingerprint density at radius 3 is 2.66 bits per heavy atom. The van der Waals surface area contributed by atoms with Crippen molar-refractivity contribution in [2.24, 2.45) is 0 Å². The van der Waals surface area contributed by atoms with E-state index in [-0.39, 0.29) is 24.2 Å². The van der Waals surface area contributed by atoms with Gasteiger partial charge in [0.2, 0.25) is 0 Å². The lowest BCUT2D eigenvalue weighted by molar-refractivity contribution is 0.0567. The van der Waals surface area contributed by atoms with Crippen LogP contribution in [0.5, 0.6) is 11.5 Å². The first-order valence-corrected chi connectivity index (χ1v) is 12.3. The molecule has 0 saturated carbocycles. The molecule has 13 heteroatoms. The molecule has 204 valence electrons. The number of pyridine rings is 1.